The minimum absolute atomic E-state index is 0.881. The van der Waals surface area contributed by atoms with Gasteiger partial charge in [0.15, 0.2) is 0 Å². The van der Waals surface area contributed by atoms with Crippen LogP contribution < -0.4 is 0 Å². The monoisotopic (exact) mass is 662 g/mol. The summed E-state index contributed by atoms with van der Waals surface area (Å²) in [5.41, 5.74) is 12.3. The number of hydrogen-bond donors (Lipinski definition) is 0. The van der Waals surface area contributed by atoms with Crippen molar-refractivity contribution in [2.75, 3.05) is 0 Å². The fourth-order valence-electron chi connectivity index (χ4n) is 7.27. The summed E-state index contributed by atoms with van der Waals surface area (Å²) in [5.74, 6) is 0. The molecule has 0 unspecified atom stereocenters. The molecule has 4 heterocycles. The first-order valence-corrected chi connectivity index (χ1v) is 17.4. The number of aromatic nitrogens is 4. The highest BCUT2D eigenvalue weighted by Crippen LogP contribution is 2.38. The summed E-state index contributed by atoms with van der Waals surface area (Å²) in [7, 11) is 0. The predicted molar refractivity (Wildman–Crippen MR) is 215 cm³/mol. The molecule has 0 saturated heterocycles. The molecule has 6 aromatic carbocycles. The van der Waals surface area contributed by atoms with E-state index in [4.69, 9.17) is 19.9 Å². The molecule has 4 heteroatoms. The van der Waals surface area contributed by atoms with E-state index in [1.807, 2.05) is 36.8 Å². The van der Waals surface area contributed by atoms with Gasteiger partial charge in [0.1, 0.15) is 0 Å². The van der Waals surface area contributed by atoms with Crippen molar-refractivity contribution in [2.24, 2.45) is 0 Å². The van der Waals surface area contributed by atoms with Gasteiger partial charge in [0, 0.05) is 56.8 Å². The molecule has 4 aromatic heterocycles. The van der Waals surface area contributed by atoms with Crippen molar-refractivity contribution >= 4 is 43.4 Å². The molecule has 0 N–H and O–H groups in total. The first kappa shape index (κ1) is 29.8. The van der Waals surface area contributed by atoms with E-state index in [1.165, 1.54) is 10.8 Å². The van der Waals surface area contributed by atoms with Crippen LogP contribution in [-0.2, 0) is 0 Å². The fourth-order valence-corrected chi connectivity index (χ4v) is 7.27. The molecule has 0 spiro atoms. The van der Waals surface area contributed by atoms with Crippen molar-refractivity contribution in [1.82, 2.24) is 19.9 Å². The van der Waals surface area contributed by atoms with Crippen molar-refractivity contribution in [3.63, 3.8) is 0 Å². The number of nitrogens with zero attached hydrogens (tertiary/aromatic N) is 4. The Balaban J connectivity index is 1.08. The van der Waals surface area contributed by atoms with Crippen molar-refractivity contribution in [1.29, 1.82) is 0 Å². The summed E-state index contributed by atoms with van der Waals surface area (Å²) in [6.07, 6.45) is 5.79. The van der Waals surface area contributed by atoms with Crippen LogP contribution in [0.2, 0.25) is 0 Å². The summed E-state index contributed by atoms with van der Waals surface area (Å²) in [5, 5.41) is 6.77. The molecule has 4 nitrogen and oxygen atoms in total. The summed E-state index contributed by atoms with van der Waals surface area (Å²) in [6, 6.07) is 57.4. The van der Waals surface area contributed by atoms with Gasteiger partial charge in [-0.2, -0.15) is 0 Å². The lowest BCUT2D eigenvalue weighted by Gasteiger charge is -2.14. The second-order valence-corrected chi connectivity index (χ2v) is 13.1. The maximum atomic E-state index is 5.29. The molecule has 10 aromatic rings. The van der Waals surface area contributed by atoms with Crippen LogP contribution >= 0.6 is 0 Å². The molecule has 242 valence electrons. The Hall–Kier alpha value is -7.04. The Morgan fingerprint density at radius 3 is 1.38 bits per heavy atom. The van der Waals surface area contributed by atoms with E-state index < -0.39 is 0 Å². The topological polar surface area (TPSA) is 51.6 Å². The maximum absolute atomic E-state index is 5.29. The van der Waals surface area contributed by atoms with E-state index in [1.54, 1.807) is 0 Å². The van der Waals surface area contributed by atoms with Gasteiger partial charge in [0.05, 0.1) is 28.1 Å². The molecule has 0 aliphatic carbocycles. The van der Waals surface area contributed by atoms with Gasteiger partial charge >= 0.3 is 0 Å². The Bertz CT molecular complexity index is 2940. The number of benzene rings is 6. The van der Waals surface area contributed by atoms with Gasteiger partial charge in [0.25, 0.3) is 0 Å². The molecule has 0 aliphatic heterocycles. The van der Waals surface area contributed by atoms with Gasteiger partial charge in [-0.25, -0.2) is 4.98 Å². The van der Waals surface area contributed by atoms with E-state index >= 15 is 0 Å². The predicted octanol–water partition coefficient (Wildman–Crippen LogP) is 12.2. The van der Waals surface area contributed by atoms with E-state index in [0.717, 1.165) is 88.6 Å². The number of rotatable bonds is 5. The van der Waals surface area contributed by atoms with Crippen molar-refractivity contribution in [3.05, 3.63) is 182 Å². The van der Waals surface area contributed by atoms with Crippen LogP contribution in [0.5, 0.6) is 0 Å². The number of fused-ring (bicyclic) bond motifs is 5. The zero-order chi connectivity index (χ0) is 34.4. The van der Waals surface area contributed by atoms with Crippen LogP contribution in [0.4, 0.5) is 0 Å². The second kappa shape index (κ2) is 12.4. The zero-order valence-electron chi connectivity index (χ0n) is 28.1. The first-order chi connectivity index (χ1) is 25.7. The van der Waals surface area contributed by atoms with E-state index in [9.17, 15) is 0 Å². The summed E-state index contributed by atoms with van der Waals surface area (Å²) < 4.78 is 0. The molecule has 0 bridgehead atoms. The van der Waals surface area contributed by atoms with Crippen LogP contribution in [0.15, 0.2) is 182 Å². The Kier molecular flexibility index (Phi) is 7.10. The van der Waals surface area contributed by atoms with Gasteiger partial charge in [-0.15, -0.1) is 0 Å². The summed E-state index contributed by atoms with van der Waals surface area (Å²) >= 11 is 0. The van der Waals surface area contributed by atoms with Crippen LogP contribution in [0, 0.1) is 0 Å². The molecule has 10 rings (SSSR count). The lowest BCUT2D eigenvalue weighted by Crippen LogP contribution is -1.94. The van der Waals surface area contributed by atoms with Gasteiger partial charge in [-0.05, 0) is 57.3 Å². The normalized spacial score (nSPS) is 11.5. The SMILES string of the molecule is c1ccc(-c2cc(-c3ccc(-c4cc5ccccc5cn4)cc3)c3ccc4c(-c5ccc(-c6cc7ccccc7cn6)cc5)ccnc4c3n2)cc1. The van der Waals surface area contributed by atoms with Crippen molar-refractivity contribution in [3.8, 4) is 56.0 Å². The van der Waals surface area contributed by atoms with E-state index in [-0.39, 0.29) is 0 Å². The third-order valence-corrected chi connectivity index (χ3v) is 10.0. The van der Waals surface area contributed by atoms with Crippen LogP contribution in [0.25, 0.3) is 99.4 Å². The van der Waals surface area contributed by atoms with Gasteiger partial charge in [-0.3, -0.25) is 15.0 Å². The lowest BCUT2D eigenvalue weighted by atomic mass is 9.94. The fraction of sp³-hybridized carbons (Fsp3) is 0. The smallest absolute Gasteiger partial charge is 0.0978 e. The molecule has 0 aliphatic rings. The molecule has 0 amide bonds. The number of hydrogen-bond acceptors (Lipinski definition) is 4. The second-order valence-electron chi connectivity index (χ2n) is 13.1. The van der Waals surface area contributed by atoms with Gasteiger partial charge in [-0.1, -0.05) is 140 Å². The van der Waals surface area contributed by atoms with Crippen LogP contribution in [0.1, 0.15) is 0 Å². The molecular weight excluding hydrogens is 633 g/mol. The molecular formula is C48H30N4. The Morgan fingerprint density at radius 1 is 0.308 bits per heavy atom. The van der Waals surface area contributed by atoms with Gasteiger partial charge < -0.3 is 0 Å². The first-order valence-electron chi connectivity index (χ1n) is 17.4. The minimum atomic E-state index is 0.881. The molecule has 0 atom stereocenters. The van der Waals surface area contributed by atoms with Crippen molar-refractivity contribution in [2.45, 2.75) is 0 Å². The lowest BCUT2D eigenvalue weighted by molar-refractivity contribution is 1.35. The molecule has 0 radical (unpaired) electrons. The summed E-state index contributed by atoms with van der Waals surface area (Å²) in [4.78, 5) is 19.7. The molecule has 52 heavy (non-hydrogen) atoms. The van der Waals surface area contributed by atoms with E-state index in [0.29, 0.717) is 0 Å². The average molecular weight is 663 g/mol. The maximum Gasteiger partial charge on any atom is 0.0978 e. The van der Waals surface area contributed by atoms with Crippen LogP contribution in [0.3, 0.4) is 0 Å². The minimum Gasteiger partial charge on any atom is -0.256 e. The Labute approximate surface area is 300 Å². The largest absolute Gasteiger partial charge is 0.256 e. The highest BCUT2D eigenvalue weighted by molar-refractivity contribution is 6.12. The Morgan fingerprint density at radius 2 is 0.788 bits per heavy atom. The highest BCUT2D eigenvalue weighted by atomic mass is 14.8. The molecule has 0 saturated carbocycles. The molecule has 0 fully saturated rings. The zero-order valence-corrected chi connectivity index (χ0v) is 28.1. The quantitative estimate of drug-likeness (QED) is 0.172. The standard InChI is InChI=1S/C48H30N4/c1-2-8-33(9-3-1)46-28-43(32-16-20-35(21-17-32)45-27-37-11-5-7-13-39(37)30-51-45)42-23-22-41-40(24-25-49-47(41)48(42)52-46)31-14-18-34(19-15-31)44-26-36-10-4-6-12-38(36)29-50-44/h1-30H. The van der Waals surface area contributed by atoms with Gasteiger partial charge in [0.2, 0.25) is 0 Å². The highest BCUT2D eigenvalue weighted by Gasteiger charge is 2.16. The summed E-state index contributed by atoms with van der Waals surface area (Å²) in [6.45, 7) is 0. The average Bonchev–Trinajstić information content (AvgIpc) is 3.23. The number of pyridine rings is 4. The third kappa shape index (κ3) is 5.26. The van der Waals surface area contributed by atoms with Crippen molar-refractivity contribution < 1.29 is 0 Å². The van der Waals surface area contributed by atoms with Crippen LogP contribution in [-0.4, -0.2) is 19.9 Å². The van der Waals surface area contributed by atoms with E-state index in [2.05, 4.69) is 146 Å². The third-order valence-electron chi connectivity index (χ3n) is 10.0.